The van der Waals surface area contributed by atoms with Crippen molar-refractivity contribution >= 4 is 51.6 Å². The quantitative estimate of drug-likeness (QED) is 0.199. The average molecular weight is 658 g/mol. The van der Waals surface area contributed by atoms with Crippen molar-refractivity contribution in [2.45, 2.75) is 102 Å². The number of rotatable bonds is 8. The first-order valence-electron chi connectivity index (χ1n) is 15.7. The lowest BCUT2D eigenvalue weighted by Gasteiger charge is -2.51. The van der Waals surface area contributed by atoms with Gasteiger partial charge in [0.25, 0.3) is 0 Å². The Bertz CT molecular complexity index is 1420. The predicted octanol–water partition coefficient (Wildman–Crippen LogP) is 7.13. The van der Waals surface area contributed by atoms with Crippen LogP contribution in [-0.4, -0.2) is 67.7 Å². The number of hydrogen-bond donors (Lipinski definition) is 1. The summed E-state index contributed by atoms with van der Waals surface area (Å²) < 4.78 is 36.7. The molecule has 2 fully saturated rings. The minimum Gasteiger partial charge on any atom is -0.448 e. The van der Waals surface area contributed by atoms with Crippen molar-refractivity contribution in [3.63, 3.8) is 0 Å². The lowest BCUT2D eigenvalue weighted by Crippen LogP contribution is -2.65. The molecule has 240 valence electrons. The van der Waals surface area contributed by atoms with Crippen LogP contribution in [0.25, 0.3) is 11.2 Å². The third-order valence-electron chi connectivity index (χ3n) is 9.22. The van der Waals surface area contributed by atoms with Crippen LogP contribution in [0, 0.1) is 5.92 Å². The van der Waals surface area contributed by atoms with Crippen LogP contribution >= 0.6 is 12.2 Å². The SMILES string of the molecule is CNc1ncnc2c1ncn2[C@@H]1CC2CO[Si](C(C)C)(C(C)C)O[Si](C(C)C)(C(C)C)O[C@H]2[C@H]1OC(=S)Oc1ccccc1. The molecule has 1 aromatic carbocycles. The van der Waals surface area contributed by atoms with E-state index in [0.717, 1.165) is 6.42 Å². The van der Waals surface area contributed by atoms with Gasteiger partial charge in [-0.2, -0.15) is 0 Å². The molecule has 3 heterocycles. The number of imidazole rings is 1. The number of benzene rings is 1. The molecule has 1 saturated carbocycles. The van der Waals surface area contributed by atoms with Gasteiger partial charge in [-0.3, -0.25) is 0 Å². The highest BCUT2D eigenvalue weighted by atomic mass is 32.1. The van der Waals surface area contributed by atoms with Gasteiger partial charge in [0, 0.05) is 31.8 Å². The molecule has 2 aromatic heterocycles. The van der Waals surface area contributed by atoms with Gasteiger partial charge in [0.1, 0.15) is 23.7 Å². The van der Waals surface area contributed by atoms with E-state index in [1.165, 1.54) is 0 Å². The van der Waals surface area contributed by atoms with Crippen LogP contribution in [0.3, 0.4) is 0 Å². The van der Waals surface area contributed by atoms with Gasteiger partial charge in [0.15, 0.2) is 11.5 Å². The van der Waals surface area contributed by atoms with Crippen LogP contribution in [0.1, 0.15) is 67.9 Å². The fraction of sp³-hybridized carbons (Fsp3) is 0.613. The average Bonchev–Trinajstić information content (AvgIpc) is 3.53. The van der Waals surface area contributed by atoms with Gasteiger partial charge < -0.3 is 32.3 Å². The van der Waals surface area contributed by atoms with Crippen molar-refractivity contribution in [2.24, 2.45) is 5.92 Å². The molecule has 0 radical (unpaired) electrons. The predicted molar refractivity (Wildman–Crippen MR) is 180 cm³/mol. The summed E-state index contributed by atoms with van der Waals surface area (Å²) >= 11 is 5.71. The van der Waals surface area contributed by atoms with E-state index in [0.29, 0.717) is 29.3 Å². The van der Waals surface area contributed by atoms with E-state index in [2.05, 4.69) is 75.2 Å². The Morgan fingerprint density at radius 1 is 0.955 bits per heavy atom. The Labute approximate surface area is 268 Å². The summed E-state index contributed by atoms with van der Waals surface area (Å²) in [4.78, 5) is 13.7. The molecule has 1 saturated heterocycles. The maximum Gasteiger partial charge on any atom is 0.358 e. The molecule has 1 N–H and O–H groups in total. The van der Waals surface area contributed by atoms with Gasteiger partial charge in [0.05, 0.1) is 18.5 Å². The molecule has 44 heavy (non-hydrogen) atoms. The molecule has 13 heteroatoms. The van der Waals surface area contributed by atoms with Crippen molar-refractivity contribution in [1.82, 2.24) is 19.5 Å². The number of nitrogens with zero attached hydrogens (tertiary/aromatic N) is 4. The summed E-state index contributed by atoms with van der Waals surface area (Å²) in [5, 5.41) is 3.17. The first-order chi connectivity index (χ1) is 20.9. The Kier molecular flexibility index (Phi) is 9.83. The lowest BCUT2D eigenvalue weighted by molar-refractivity contribution is -0.0235. The number of anilines is 1. The Morgan fingerprint density at radius 3 is 2.23 bits per heavy atom. The molecule has 0 spiro atoms. The zero-order chi connectivity index (χ0) is 31.8. The van der Waals surface area contributed by atoms with Crippen molar-refractivity contribution in [3.8, 4) is 5.75 Å². The highest BCUT2D eigenvalue weighted by Crippen LogP contribution is 2.51. The van der Waals surface area contributed by atoms with E-state index in [1.807, 2.05) is 43.7 Å². The maximum absolute atomic E-state index is 7.48. The normalized spacial score (nSPS) is 24.8. The van der Waals surface area contributed by atoms with Crippen molar-refractivity contribution in [1.29, 1.82) is 0 Å². The van der Waals surface area contributed by atoms with E-state index < -0.39 is 23.2 Å². The molecule has 1 unspecified atom stereocenters. The van der Waals surface area contributed by atoms with E-state index >= 15 is 0 Å². The van der Waals surface area contributed by atoms with Gasteiger partial charge in [-0.25, -0.2) is 15.0 Å². The summed E-state index contributed by atoms with van der Waals surface area (Å²) in [5.41, 5.74) is 2.30. The van der Waals surface area contributed by atoms with Gasteiger partial charge in [-0.15, -0.1) is 0 Å². The van der Waals surface area contributed by atoms with E-state index in [9.17, 15) is 0 Å². The van der Waals surface area contributed by atoms with Gasteiger partial charge in [-0.1, -0.05) is 73.6 Å². The minimum absolute atomic E-state index is 0.0326. The number of thiocarbonyl (C=S) groups is 1. The second-order valence-electron chi connectivity index (χ2n) is 13.2. The molecule has 10 nitrogen and oxygen atoms in total. The number of hydrogen-bond acceptors (Lipinski definition) is 10. The monoisotopic (exact) mass is 657 g/mol. The van der Waals surface area contributed by atoms with Gasteiger partial charge >= 0.3 is 22.4 Å². The van der Waals surface area contributed by atoms with Crippen LogP contribution in [0.15, 0.2) is 43.0 Å². The van der Waals surface area contributed by atoms with Crippen LogP contribution < -0.4 is 10.1 Å². The number of nitrogens with one attached hydrogen (secondary N) is 1. The summed E-state index contributed by atoms with van der Waals surface area (Å²) in [6.07, 6.45) is 3.26. The van der Waals surface area contributed by atoms with Crippen LogP contribution in [0.5, 0.6) is 5.75 Å². The molecule has 4 atom stereocenters. The highest BCUT2D eigenvalue weighted by Gasteiger charge is 2.62. The molecule has 3 aromatic rings. The first kappa shape index (κ1) is 33.0. The summed E-state index contributed by atoms with van der Waals surface area (Å²) in [5.74, 6) is 1.32. The summed E-state index contributed by atoms with van der Waals surface area (Å²) in [6, 6.07) is 9.25. The van der Waals surface area contributed by atoms with Crippen LogP contribution in [0.4, 0.5) is 5.82 Å². The molecular weight excluding hydrogens is 611 g/mol. The Hall–Kier alpha value is -2.43. The van der Waals surface area contributed by atoms with Crippen LogP contribution in [0.2, 0.25) is 22.2 Å². The molecule has 1 aliphatic heterocycles. The lowest BCUT2D eigenvalue weighted by atomic mass is 10.1. The van der Waals surface area contributed by atoms with Gasteiger partial charge in [0.2, 0.25) is 0 Å². The molecule has 5 rings (SSSR count). The van der Waals surface area contributed by atoms with Crippen molar-refractivity contribution < 1.29 is 22.4 Å². The second kappa shape index (κ2) is 13.1. The van der Waals surface area contributed by atoms with E-state index in [4.69, 9.17) is 39.6 Å². The summed E-state index contributed by atoms with van der Waals surface area (Å²) in [7, 11) is -3.77. The third-order valence-corrected chi connectivity index (χ3v) is 19.7. The smallest absolute Gasteiger partial charge is 0.358 e. The second-order valence-corrected chi connectivity index (χ2v) is 22.3. The fourth-order valence-corrected chi connectivity index (χ4v) is 18.5. The fourth-order valence-electron chi connectivity index (χ4n) is 6.97. The number of aromatic nitrogens is 4. The minimum atomic E-state index is -2.90. The molecular formula is C31H47N5O5SSi2. The van der Waals surface area contributed by atoms with Crippen molar-refractivity contribution in [3.05, 3.63) is 43.0 Å². The number of para-hydroxylation sites is 1. The largest absolute Gasteiger partial charge is 0.448 e. The molecule has 0 bridgehead atoms. The standard InChI is InChI=1S/C31H47N5O5SSi2/c1-19(2)43(20(3)4)37-16-23-15-25(36-18-35-26-29(32-9)33-17-34-30(26)36)28(39-31(42)38-24-13-11-10-12-14-24)27(23)40-44(41-43,21(5)6)22(7)8/h10-14,17-23,25,27-28H,15-16H2,1-9H3,(H,32,33,34)/t23?,25-,27-,28+/m1/s1. The molecule has 1 aliphatic carbocycles. The number of ether oxygens (including phenoxy) is 2. The highest BCUT2D eigenvalue weighted by molar-refractivity contribution is 7.79. The third kappa shape index (κ3) is 5.94. The van der Waals surface area contributed by atoms with Crippen molar-refractivity contribution in [2.75, 3.05) is 19.0 Å². The topological polar surface area (TPSA) is 102 Å². The summed E-state index contributed by atoms with van der Waals surface area (Å²) in [6.45, 7) is 18.4. The van der Waals surface area contributed by atoms with Gasteiger partial charge in [-0.05, 0) is 40.7 Å². The first-order valence-corrected chi connectivity index (χ1v) is 20.1. The Morgan fingerprint density at radius 2 is 1.61 bits per heavy atom. The molecule has 0 amide bonds. The van der Waals surface area contributed by atoms with E-state index in [1.54, 1.807) is 6.33 Å². The Balaban J connectivity index is 1.60. The number of fused-ring (bicyclic) bond motifs is 2. The zero-order valence-corrected chi connectivity index (χ0v) is 30.1. The van der Waals surface area contributed by atoms with Crippen LogP contribution in [-0.2, 0) is 17.7 Å². The zero-order valence-electron chi connectivity index (χ0n) is 27.3. The van der Waals surface area contributed by atoms with E-state index in [-0.39, 0.29) is 45.5 Å². The molecule has 2 aliphatic rings. The maximum atomic E-state index is 7.48.